The summed E-state index contributed by atoms with van der Waals surface area (Å²) in [6.07, 6.45) is -0.732. The predicted molar refractivity (Wildman–Crippen MR) is 72.7 cm³/mol. The zero-order valence-corrected chi connectivity index (χ0v) is 11.8. The molecule has 0 unspecified atom stereocenters. The van der Waals surface area contributed by atoms with E-state index >= 15 is 0 Å². The first kappa shape index (κ1) is 14.0. The molecule has 1 atom stereocenters. The maximum Gasteiger partial charge on any atom is 0.192 e. The van der Waals surface area contributed by atoms with Gasteiger partial charge in [0, 0.05) is 11.4 Å². The maximum atomic E-state index is 13.9. The molecule has 0 radical (unpaired) electrons. The lowest BCUT2D eigenvalue weighted by atomic mass is 10.1. The lowest BCUT2D eigenvalue weighted by molar-refractivity contribution is 0.195. The van der Waals surface area contributed by atoms with Crippen molar-refractivity contribution in [3.05, 3.63) is 47.0 Å². The van der Waals surface area contributed by atoms with E-state index in [1.54, 1.807) is 19.1 Å². The van der Waals surface area contributed by atoms with Crippen LogP contribution in [-0.4, -0.2) is 15.1 Å². The van der Waals surface area contributed by atoms with Crippen molar-refractivity contribution < 1.29 is 9.50 Å². The van der Waals surface area contributed by atoms with Crippen LogP contribution in [0.4, 0.5) is 4.39 Å². The van der Waals surface area contributed by atoms with Crippen LogP contribution in [0.15, 0.2) is 34.3 Å². The Kier molecular flexibility index (Phi) is 4.17. The second-order valence-corrected chi connectivity index (χ2v) is 5.35. The highest BCUT2D eigenvalue weighted by Crippen LogP contribution is 2.33. The Hall–Kier alpha value is -1.46. The van der Waals surface area contributed by atoms with Gasteiger partial charge in [0.15, 0.2) is 5.16 Å². The molecule has 2 rings (SSSR count). The number of aromatic nitrogens is 2. The molecule has 19 heavy (non-hydrogen) atoms. The summed E-state index contributed by atoms with van der Waals surface area (Å²) in [5.41, 5.74) is 2.22. The number of benzene rings is 1. The molecule has 1 N–H and O–H groups in total. The molecule has 2 aromatic rings. The van der Waals surface area contributed by atoms with Crippen molar-refractivity contribution in [1.82, 2.24) is 9.97 Å². The van der Waals surface area contributed by atoms with Gasteiger partial charge in [-0.15, -0.1) is 0 Å². The summed E-state index contributed by atoms with van der Waals surface area (Å²) in [6, 6.07) is 6.53. The molecule has 1 heterocycles. The highest BCUT2D eigenvalue weighted by molar-refractivity contribution is 7.99. The van der Waals surface area contributed by atoms with Crippen LogP contribution in [0.5, 0.6) is 0 Å². The number of rotatable bonds is 3. The molecule has 0 aliphatic carbocycles. The lowest BCUT2D eigenvalue weighted by Crippen LogP contribution is -1.99. The first-order chi connectivity index (χ1) is 8.97. The molecule has 3 nitrogen and oxygen atoms in total. The fourth-order valence-corrected chi connectivity index (χ4v) is 2.88. The maximum absolute atomic E-state index is 13.9. The van der Waals surface area contributed by atoms with Gasteiger partial charge in [-0.05, 0) is 50.2 Å². The van der Waals surface area contributed by atoms with Gasteiger partial charge in [0.25, 0.3) is 0 Å². The van der Waals surface area contributed by atoms with E-state index in [-0.39, 0.29) is 5.82 Å². The van der Waals surface area contributed by atoms with Gasteiger partial charge in [-0.25, -0.2) is 14.4 Å². The molecule has 0 fully saturated rings. The third-order valence-electron chi connectivity index (χ3n) is 2.60. The number of aliphatic hydroxyl groups is 1. The van der Waals surface area contributed by atoms with Crippen molar-refractivity contribution in [3.8, 4) is 0 Å². The molecule has 0 aliphatic rings. The van der Waals surface area contributed by atoms with Crippen LogP contribution in [0.1, 0.15) is 30.0 Å². The SMILES string of the molecule is Cc1cc(C)nc(Sc2c(F)cccc2[C@@H](C)O)n1. The van der Waals surface area contributed by atoms with Crippen LogP contribution in [0.2, 0.25) is 0 Å². The highest BCUT2D eigenvalue weighted by Gasteiger charge is 2.15. The predicted octanol–water partition coefficient (Wildman–Crippen LogP) is 3.44. The second kappa shape index (κ2) is 5.67. The van der Waals surface area contributed by atoms with Gasteiger partial charge >= 0.3 is 0 Å². The Labute approximate surface area is 115 Å². The molecule has 5 heteroatoms. The van der Waals surface area contributed by atoms with Gasteiger partial charge in [0.1, 0.15) is 5.82 Å². The van der Waals surface area contributed by atoms with Gasteiger partial charge in [-0.3, -0.25) is 0 Å². The van der Waals surface area contributed by atoms with Gasteiger partial charge < -0.3 is 5.11 Å². The van der Waals surface area contributed by atoms with E-state index in [2.05, 4.69) is 9.97 Å². The normalized spacial score (nSPS) is 12.5. The number of halogens is 1. The fourth-order valence-electron chi connectivity index (χ4n) is 1.79. The monoisotopic (exact) mass is 278 g/mol. The number of hydrogen-bond donors (Lipinski definition) is 1. The summed E-state index contributed by atoms with van der Waals surface area (Å²) in [5.74, 6) is -0.369. The number of hydrogen-bond acceptors (Lipinski definition) is 4. The van der Waals surface area contributed by atoms with Crippen LogP contribution in [0, 0.1) is 19.7 Å². The fraction of sp³-hybridized carbons (Fsp3) is 0.286. The number of aliphatic hydroxyl groups excluding tert-OH is 1. The first-order valence-corrected chi connectivity index (χ1v) is 6.75. The van der Waals surface area contributed by atoms with E-state index < -0.39 is 6.10 Å². The van der Waals surface area contributed by atoms with Crippen LogP contribution in [0.25, 0.3) is 0 Å². The van der Waals surface area contributed by atoms with E-state index in [1.165, 1.54) is 6.07 Å². The van der Waals surface area contributed by atoms with Crippen LogP contribution in [-0.2, 0) is 0 Å². The molecule has 0 saturated heterocycles. The summed E-state index contributed by atoms with van der Waals surface area (Å²) < 4.78 is 13.9. The van der Waals surface area contributed by atoms with Gasteiger partial charge in [-0.1, -0.05) is 12.1 Å². The Morgan fingerprint density at radius 2 is 1.84 bits per heavy atom. The standard InChI is InChI=1S/C14H15FN2OS/c1-8-7-9(2)17-14(16-8)19-13-11(10(3)18)5-4-6-12(13)15/h4-7,10,18H,1-3H3/t10-/m1/s1. The molecule has 1 aromatic carbocycles. The molecule has 0 amide bonds. The summed E-state index contributed by atoms with van der Waals surface area (Å²) in [6.45, 7) is 5.35. The van der Waals surface area contributed by atoms with Gasteiger partial charge in [-0.2, -0.15) is 0 Å². The molecule has 100 valence electrons. The van der Waals surface area contributed by atoms with Crippen molar-refractivity contribution in [3.63, 3.8) is 0 Å². The van der Waals surface area contributed by atoms with E-state index in [0.717, 1.165) is 23.1 Å². The average molecular weight is 278 g/mol. The number of nitrogens with zero attached hydrogens (tertiary/aromatic N) is 2. The third-order valence-corrected chi connectivity index (χ3v) is 3.60. The largest absolute Gasteiger partial charge is 0.389 e. The second-order valence-electron chi connectivity index (χ2n) is 4.37. The third kappa shape index (κ3) is 3.30. The van der Waals surface area contributed by atoms with Crippen molar-refractivity contribution in [2.24, 2.45) is 0 Å². The van der Waals surface area contributed by atoms with Crippen LogP contribution >= 0.6 is 11.8 Å². The average Bonchev–Trinajstić information content (AvgIpc) is 2.30. The Balaban J connectivity index is 2.42. The zero-order valence-electron chi connectivity index (χ0n) is 11.0. The van der Waals surface area contributed by atoms with Crippen molar-refractivity contribution in [2.45, 2.75) is 36.9 Å². The summed E-state index contributed by atoms with van der Waals surface area (Å²) in [5, 5.41) is 10.2. The summed E-state index contributed by atoms with van der Waals surface area (Å²) >= 11 is 1.14. The molecule has 0 aliphatic heterocycles. The van der Waals surface area contributed by atoms with Crippen LogP contribution in [0.3, 0.4) is 0 Å². The summed E-state index contributed by atoms with van der Waals surface area (Å²) in [4.78, 5) is 8.93. The topological polar surface area (TPSA) is 46.0 Å². The van der Waals surface area contributed by atoms with Crippen molar-refractivity contribution in [1.29, 1.82) is 0 Å². The summed E-state index contributed by atoms with van der Waals surface area (Å²) in [7, 11) is 0. The molecule has 0 saturated carbocycles. The Bertz CT molecular complexity index is 582. The molecule has 0 bridgehead atoms. The van der Waals surface area contributed by atoms with Crippen LogP contribution < -0.4 is 0 Å². The van der Waals surface area contributed by atoms with Crippen molar-refractivity contribution >= 4 is 11.8 Å². The zero-order chi connectivity index (χ0) is 14.0. The minimum absolute atomic E-state index is 0.369. The van der Waals surface area contributed by atoms with E-state index in [0.29, 0.717) is 15.6 Å². The minimum atomic E-state index is -0.732. The Morgan fingerprint density at radius 1 is 1.21 bits per heavy atom. The quantitative estimate of drug-likeness (QED) is 0.874. The molecular weight excluding hydrogens is 263 g/mol. The minimum Gasteiger partial charge on any atom is -0.389 e. The first-order valence-electron chi connectivity index (χ1n) is 5.94. The van der Waals surface area contributed by atoms with Crippen molar-refractivity contribution in [2.75, 3.05) is 0 Å². The molecule has 1 aromatic heterocycles. The molecule has 0 spiro atoms. The van der Waals surface area contributed by atoms with E-state index in [9.17, 15) is 9.50 Å². The van der Waals surface area contributed by atoms with E-state index in [1.807, 2.05) is 19.9 Å². The Morgan fingerprint density at radius 3 is 2.42 bits per heavy atom. The van der Waals surface area contributed by atoms with E-state index in [4.69, 9.17) is 0 Å². The van der Waals surface area contributed by atoms with Gasteiger partial charge in [0.05, 0.1) is 11.0 Å². The van der Waals surface area contributed by atoms with Gasteiger partial charge in [0.2, 0.25) is 0 Å². The lowest BCUT2D eigenvalue weighted by Gasteiger charge is -2.12. The molecular formula is C14H15FN2OS. The highest BCUT2D eigenvalue weighted by atomic mass is 32.2. The number of aryl methyl sites for hydroxylation is 2. The smallest absolute Gasteiger partial charge is 0.192 e.